The van der Waals surface area contributed by atoms with Gasteiger partial charge in [0, 0.05) is 0 Å². The third-order valence-electron chi connectivity index (χ3n) is 2.52. The van der Waals surface area contributed by atoms with Crippen molar-refractivity contribution in [3.8, 4) is 0 Å². The molecule has 0 N–H and O–H groups in total. The van der Waals surface area contributed by atoms with Crippen LogP contribution in [-0.2, 0) is 0 Å². The first-order valence-corrected chi connectivity index (χ1v) is 3.38. The molecule has 1 fully saturated rings. The van der Waals surface area contributed by atoms with Gasteiger partial charge in [-0.05, 0) is 24.2 Å². The molecule has 0 aromatic heterocycles. The van der Waals surface area contributed by atoms with Gasteiger partial charge in [0.1, 0.15) is 0 Å². The fourth-order valence-electron chi connectivity index (χ4n) is 1.40. The first-order valence-electron chi connectivity index (χ1n) is 3.38. The van der Waals surface area contributed by atoms with Gasteiger partial charge in [0.25, 0.3) is 0 Å². The second-order valence-electron chi connectivity index (χ2n) is 2.97. The number of hydrogen-bond acceptors (Lipinski definition) is 0. The molecule has 0 saturated heterocycles. The van der Waals surface area contributed by atoms with Gasteiger partial charge >= 0.3 is 0 Å². The summed E-state index contributed by atoms with van der Waals surface area (Å²) in [4.78, 5) is 0. The Labute approximate surface area is 51.6 Å². The van der Waals surface area contributed by atoms with Crippen molar-refractivity contribution in [1.29, 1.82) is 0 Å². The van der Waals surface area contributed by atoms with E-state index in [-0.39, 0.29) is 0 Å². The molecule has 0 aromatic carbocycles. The van der Waals surface area contributed by atoms with Gasteiger partial charge in [-0.3, -0.25) is 0 Å². The third-order valence-corrected chi connectivity index (χ3v) is 2.52. The van der Waals surface area contributed by atoms with Crippen LogP contribution in [0.4, 0.5) is 0 Å². The van der Waals surface area contributed by atoms with Crippen molar-refractivity contribution in [3.63, 3.8) is 0 Å². The molecule has 1 aliphatic rings. The molecule has 0 aliphatic heterocycles. The molecule has 0 heterocycles. The summed E-state index contributed by atoms with van der Waals surface area (Å²) in [5.74, 6) is 2.66. The molecule has 1 aliphatic carbocycles. The Morgan fingerprint density at radius 3 is 2.25 bits per heavy atom. The van der Waals surface area contributed by atoms with Crippen LogP contribution in [0.25, 0.3) is 0 Å². The molecule has 0 heteroatoms. The highest BCUT2D eigenvalue weighted by Gasteiger charge is 2.31. The summed E-state index contributed by atoms with van der Waals surface area (Å²) < 4.78 is 0. The summed E-state index contributed by atoms with van der Waals surface area (Å²) in [6.07, 6.45) is 3.45. The SMILES string of the molecule is C=CC1CC(C)C1C. The van der Waals surface area contributed by atoms with Crippen LogP contribution in [0.3, 0.4) is 0 Å². The van der Waals surface area contributed by atoms with E-state index in [1.165, 1.54) is 6.42 Å². The Bertz CT molecular complexity index is 94.2. The molecule has 0 bridgehead atoms. The van der Waals surface area contributed by atoms with Crippen LogP contribution >= 0.6 is 0 Å². The van der Waals surface area contributed by atoms with Crippen molar-refractivity contribution >= 4 is 0 Å². The highest BCUT2D eigenvalue weighted by atomic mass is 14.4. The quantitative estimate of drug-likeness (QED) is 0.455. The molecule has 0 amide bonds. The summed E-state index contributed by atoms with van der Waals surface area (Å²) in [5.41, 5.74) is 0. The molecule has 0 nitrogen and oxygen atoms in total. The minimum atomic E-state index is 0.824. The second kappa shape index (κ2) is 1.93. The fraction of sp³-hybridized carbons (Fsp3) is 0.750. The van der Waals surface area contributed by atoms with Crippen LogP contribution in [0.15, 0.2) is 12.7 Å². The lowest BCUT2D eigenvalue weighted by atomic mass is 9.67. The molecule has 0 spiro atoms. The predicted octanol–water partition coefficient (Wildman–Crippen LogP) is 2.46. The Balaban J connectivity index is 2.35. The largest absolute Gasteiger partial charge is 0.103 e. The average molecular weight is 110 g/mol. The molecular weight excluding hydrogens is 96.1 g/mol. The van der Waals surface area contributed by atoms with E-state index in [2.05, 4.69) is 26.5 Å². The van der Waals surface area contributed by atoms with Crippen LogP contribution in [0.1, 0.15) is 20.3 Å². The minimum absolute atomic E-state index is 0.824. The smallest absolute Gasteiger partial charge is 0.0205 e. The van der Waals surface area contributed by atoms with E-state index in [1.807, 2.05) is 0 Å². The predicted molar refractivity (Wildman–Crippen MR) is 36.6 cm³/mol. The summed E-state index contributed by atoms with van der Waals surface area (Å²) in [6.45, 7) is 8.38. The maximum atomic E-state index is 3.77. The van der Waals surface area contributed by atoms with E-state index in [4.69, 9.17) is 0 Å². The Morgan fingerprint density at radius 1 is 1.50 bits per heavy atom. The number of rotatable bonds is 1. The maximum Gasteiger partial charge on any atom is -0.0205 e. The van der Waals surface area contributed by atoms with Crippen molar-refractivity contribution in [2.45, 2.75) is 20.3 Å². The number of allylic oxidation sites excluding steroid dienone is 1. The Kier molecular flexibility index (Phi) is 1.41. The molecule has 8 heavy (non-hydrogen) atoms. The molecule has 46 valence electrons. The maximum absolute atomic E-state index is 3.77. The molecule has 0 aromatic rings. The van der Waals surface area contributed by atoms with E-state index in [9.17, 15) is 0 Å². The summed E-state index contributed by atoms with van der Waals surface area (Å²) in [7, 11) is 0. The molecule has 3 atom stereocenters. The van der Waals surface area contributed by atoms with Crippen LogP contribution in [-0.4, -0.2) is 0 Å². The topological polar surface area (TPSA) is 0 Å². The van der Waals surface area contributed by atoms with Crippen LogP contribution < -0.4 is 0 Å². The molecule has 1 rings (SSSR count). The lowest BCUT2D eigenvalue weighted by molar-refractivity contribution is 0.145. The van der Waals surface area contributed by atoms with Gasteiger partial charge in [-0.1, -0.05) is 19.9 Å². The van der Waals surface area contributed by atoms with Gasteiger partial charge in [0.15, 0.2) is 0 Å². The molecule has 3 unspecified atom stereocenters. The van der Waals surface area contributed by atoms with E-state index < -0.39 is 0 Å². The van der Waals surface area contributed by atoms with E-state index >= 15 is 0 Å². The summed E-state index contributed by atoms with van der Waals surface area (Å²) in [5, 5.41) is 0. The highest BCUT2D eigenvalue weighted by molar-refractivity contribution is 4.93. The lowest BCUT2D eigenvalue weighted by Gasteiger charge is -2.38. The first kappa shape index (κ1) is 5.87. The highest BCUT2D eigenvalue weighted by Crippen LogP contribution is 2.39. The van der Waals surface area contributed by atoms with Gasteiger partial charge in [-0.15, -0.1) is 6.58 Å². The Morgan fingerprint density at radius 2 is 2.12 bits per heavy atom. The average Bonchev–Trinajstić information content (AvgIpc) is 1.81. The van der Waals surface area contributed by atoms with Crippen molar-refractivity contribution in [2.24, 2.45) is 17.8 Å². The van der Waals surface area contributed by atoms with Crippen molar-refractivity contribution in [1.82, 2.24) is 0 Å². The standard InChI is InChI=1S/C8H14/c1-4-8-5-6(2)7(8)3/h4,6-8H,1,5H2,2-3H3. The Hall–Kier alpha value is -0.260. The van der Waals surface area contributed by atoms with Crippen LogP contribution in [0.2, 0.25) is 0 Å². The fourth-order valence-corrected chi connectivity index (χ4v) is 1.40. The van der Waals surface area contributed by atoms with Gasteiger partial charge in [-0.25, -0.2) is 0 Å². The minimum Gasteiger partial charge on any atom is -0.103 e. The zero-order chi connectivity index (χ0) is 6.15. The summed E-state index contributed by atoms with van der Waals surface area (Å²) >= 11 is 0. The van der Waals surface area contributed by atoms with Crippen LogP contribution in [0, 0.1) is 17.8 Å². The molecule has 0 radical (unpaired) electrons. The first-order chi connectivity index (χ1) is 3.75. The van der Waals surface area contributed by atoms with Gasteiger partial charge in [-0.2, -0.15) is 0 Å². The van der Waals surface area contributed by atoms with Crippen LogP contribution in [0.5, 0.6) is 0 Å². The van der Waals surface area contributed by atoms with Gasteiger partial charge < -0.3 is 0 Å². The van der Waals surface area contributed by atoms with Gasteiger partial charge in [0.05, 0.1) is 0 Å². The van der Waals surface area contributed by atoms with E-state index in [0.29, 0.717) is 0 Å². The third kappa shape index (κ3) is 0.683. The normalized spacial score (nSPS) is 45.5. The van der Waals surface area contributed by atoms with E-state index in [1.54, 1.807) is 0 Å². The number of hydrogen-bond donors (Lipinski definition) is 0. The lowest BCUT2D eigenvalue weighted by Crippen LogP contribution is -2.30. The monoisotopic (exact) mass is 110 g/mol. The van der Waals surface area contributed by atoms with Crippen molar-refractivity contribution < 1.29 is 0 Å². The zero-order valence-electron chi connectivity index (χ0n) is 5.72. The molecular formula is C8H14. The molecule has 1 saturated carbocycles. The van der Waals surface area contributed by atoms with Crippen molar-refractivity contribution in [3.05, 3.63) is 12.7 Å². The zero-order valence-corrected chi connectivity index (χ0v) is 5.72. The van der Waals surface area contributed by atoms with E-state index in [0.717, 1.165) is 17.8 Å². The van der Waals surface area contributed by atoms with Gasteiger partial charge in [0.2, 0.25) is 0 Å². The van der Waals surface area contributed by atoms with Crippen molar-refractivity contribution in [2.75, 3.05) is 0 Å². The summed E-state index contributed by atoms with van der Waals surface area (Å²) in [6, 6.07) is 0. The second-order valence-corrected chi connectivity index (χ2v) is 2.97.